The molecule has 10 amide bonds. The smallest absolute Gasteiger partial charge is 0.246 e. The second kappa shape index (κ2) is 32.7. The van der Waals surface area contributed by atoms with Gasteiger partial charge in [-0.1, -0.05) is 102 Å². The molecule has 26 heteroatoms. The third kappa shape index (κ3) is 20.5. The molecular weight excluding hydrogens is 1090 g/mol. The summed E-state index contributed by atoms with van der Waals surface area (Å²) in [5.41, 5.74) is 23.7. The Morgan fingerprint density at radius 2 is 0.835 bits per heavy atom. The first-order valence-electron chi connectivity index (χ1n) is 29.6. The molecule has 16 N–H and O–H groups in total. The Morgan fingerprint density at radius 1 is 0.471 bits per heavy atom. The van der Waals surface area contributed by atoms with Gasteiger partial charge in [0.2, 0.25) is 59.1 Å². The van der Waals surface area contributed by atoms with Crippen molar-refractivity contribution in [3.63, 3.8) is 0 Å². The zero-order valence-corrected chi connectivity index (χ0v) is 50.1. The minimum atomic E-state index is -1.30. The Hall–Kier alpha value is -8.32. The number of fused-ring (bicyclic) bond motifs is 2. The first kappa shape index (κ1) is 67.5. The van der Waals surface area contributed by atoms with Gasteiger partial charge in [0.05, 0.1) is 0 Å². The number of nitrogens with one attached hydrogen (secondary N) is 8. The molecule has 0 unspecified atom stereocenters. The lowest BCUT2D eigenvalue weighted by atomic mass is 9.99. The van der Waals surface area contributed by atoms with Gasteiger partial charge in [-0.15, -0.1) is 0 Å². The Balaban J connectivity index is 1.58. The molecule has 0 aromatic heterocycles. The Bertz CT molecular complexity index is 2700. The molecule has 466 valence electrons. The third-order valence-electron chi connectivity index (χ3n) is 15.2. The summed E-state index contributed by atoms with van der Waals surface area (Å²) in [5, 5.41) is 22.4. The minimum absolute atomic E-state index is 0.00460. The third-order valence-corrected chi connectivity index (χ3v) is 15.2. The number of nitrogens with zero attached hydrogens (tertiary/aromatic N) is 4. The van der Waals surface area contributed by atoms with Crippen LogP contribution in [0.2, 0.25) is 0 Å². The van der Waals surface area contributed by atoms with Crippen molar-refractivity contribution < 1.29 is 47.9 Å². The largest absolute Gasteiger partial charge is 0.370 e. The van der Waals surface area contributed by atoms with E-state index in [1.807, 2.05) is 13.8 Å². The highest BCUT2D eigenvalue weighted by atomic mass is 16.2. The topological polar surface area (TPSA) is 402 Å². The number of amides is 10. The van der Waals surface area contributed by atoms with Crippen LogP contribution < -0.4 is 65.5 Å². The highest BCUT2D eigenvalue weighted by molar-refractivity contribution is 6.00. The molecule has 0 spiro atoms. The molecule has 26 nitrogen and oxygen atoms in total. The van der Waals surface area contributed by atoms with Crippen LogP contribution >= 0.6 is 0 Å². The minimum Gasteiger partial charge on any atom is -0.370 e. The van der Waals surface area contributed by atoms with Crippen molar-refractivity contribution in [2.24, 2.45) is 50.7 Å². The van der Waals surface area contributed by atoms with Crippen LogP contribution in [0.4, 0.5) is 0 Å². The fourth-order valence-corrected chi connectivity index (χ4v) is 10.7. The number of nitrogens with two attached hydrogens (primary N) is 4. The maximum atomic E-state index is 14.9. The number of aliphatic imine (C=N–C) groups is 2. The number of rotatable bonds is 16. The van der Waals surface area contributed by atoms with Crippen LogP contribution in [0.3, 0.4) is 0 Å². The normalized spacial score (nSPS) is 25.8. The van der Waals surface area contributed by atoms with Crippen LogP contribution in [0.1, 0.15) is 117 Å². The van der Waals surface area contributed by atoms with E-state index in [2.05, 4.69) is 52.5 Å². The van der Waals surface area contributed by atoms with Crippen LogP contribution in [0.25, 0.3) is 0 Å². The molecule has 0 radical (unpaired) electrons. The fraction of sp³-hybridized carbons (Fsp3) is 0.593. The van der Waals surface area contributed by atoms with Crippen LogP contribution in [0.5, 0.6) is 0 Å². The molecule has 0 saturated carbocycles. The van der Waals surface area contributed by atoms with Crippen molar-refractivity contribution >= 4 is 71.0 Å². The first-order valence-corrected chi connectivity index (χ1v) is 29.6. The highest BCUT2D eigenvalue weighted by Gasteiger charge is 2.43. The zero-order chi connectivity index (χ0) is 62.5. The van der Waals surface area contributed by atoms with E-state index in [4.69, 9.17) is 22.9 Å². The monoisotopic (exact) mass is 1180 g/mol. The van der Waals surface area contributed by atoms with E-state index in [9.17, 15) is 47.9 Å². The fourth-order valence-electron chi connectivity index (χ4n) is 10.7. The van der Waals surface area contributed by atoms with Crippen LogP contribution in [0, 0.1) is 17.8 Å². The van der Waals surface area contributed by atoms with Crippen molar-refractivity contribution in [3.8, 4) is 0 Å². The van der Waals surface area contributed by atoms with Gasteiger partial charge >= 0.3 is 0 Å². The van der Waals surface area contributed by atoms with E-state index in [-0.39, 0.29) is 102 Å². The number of guanidine groups is 2. The number of hydrogen-bond acceptors (Lipinski definition) is 12. The summed E-state index contributed by atoms with van der Waals surface area (Å²) in [6.45, 7) is 12.3. The summed E-state index contributed by atoms with van der Waals surface area (Å²) >= 11 is 0. The van der Waals surface area contributed by atoms with E-state index < -0.39 is 131 Å². The van der Waals surface area contributed by atoms with Gasteiger partial charge in [0.1, 0.15) is 60.4 Å². The van der Waals surface area contributed by atoms with E-state index >= 15 is 0 Å². The summed E-state index contributed by atoms with van der Waals surface area (Å²) in [4.78, 5) is 156. The second-order valence-corrected chi connectivity index (χ2v) is 23.3. The predicted octanol–water partition coefficient (Wildman–Crippen LogP) is -1.17. The van der Waals surface area contributed by atoms with Crippen molar-refractivity contribution in [1.82, 2.24) is 52.3 Å². The molecule has 3 aliphatic heterocycles. The summed E-state index contributed by atoms with van der Waals surface area (Å²) in [5.74, 6) is -8.62. The van der Waals surface area contributed by atoms with Gasteiger partial charge in [0.25, 0.3) is 0 Å². The standard InChI is InChI=1S/C59H90N16O10/c1-33(2)30-41-51(79)71-43(32-38-20-12-9-13-21-38)57(85)75-29-17-25-45(75)53(81)72-46(34(3)4)54(82)67-39(22-14-26-64-58(60)61)49(77)66-36(7)48(76)70-42(31-37-18-10-8-11-19-37)56(84)74-28-16-24-44(74)52(80)73-47(35(5)6)55(83)68-40(50(78)69-41)23-15-27-65-59(62)63/h8-13,18-21,33-36,39-47H,14-17,22-32H2,1-7H3,(H,66,77)(H,67,82)(H,68,83)(H,69,78)(H,70,76)(H,71,79)(H,72,81)(H,73,80)(H4,60,61,64)(H4,62,63,65)/t36-,39-,40-,41-,42+,43+,44-,45-,46-,47-/m0/s1. The molecule has 0 aliphatic carbocycles. The summed E-state index contributed by atoms with van der Waals surface area (Å²) in [7, 11) is 0. The van der Waals surface area contributed by atoms with Crippen molar-refractivity contribution in [2.45, 2.75) is 180 Å². The Morgan fingerprint density at radius 3 is 1.22 bits per heavy atom. The first-order chi connectivity index (χ1) is 40.3. The molecule has 0 bridgehead atoms. The van der Waals surface area contributed by atoms with Gasteiger partial charge in [-0.25, -0.2) is 0 Å². The molecule has 85 heavy (non-hydrogen) atoms. The number of carbonyl (C=O) groups excluding carboxylic acids is 10. The summed E-state index contributed by atoms with van der Waals surface area (Å²) < 4.78 is 0. The van der Waals surface area contributed by atoms with E-state index in [1.54, 1.807) is 88.4 Å². The Kier molecular flexibility index (Phi) is 25.9. The zero-order valence-electron chi connectivity index (χ0n) is 50.1. The molecule has 10 atom stereocenters. The van der Waals surface area contributed by atoms with Crippen LogP contribution in [0.15, 0.2) is 70.6 Å². The average molecular weight is 1180 g/mol. The molecule has 2 aromatic rings. The number of carbonyl (C=O) groups is 10. The molecular formula is C59H90N16O10. The second-order valence-electron chi connectivity index (χ2n) is 23.3. The van der Waals surface area contributed by atoms with Gasteiger partial charge in [-0.2, -0.15) is 0 Å². The lowest BCUT2D eigenvalue weighted by molar-refractivity contribution is -0.143. The molecule has 5 rings (SSSR count). The highest BCUT2D eigenvalue weighted by Crippen LogP contribution is 2.23. The van der Waals surface area contributed by atoms with Gasteiger partial charge in [0, 0.05) is 39.0 Å². The van der Waals surface area contributed by atoms with Gasteiger partial charge in [0.15, 0.2) is 11.9 Å². The van der Waals surface area contributed by atoms with Crippen molar-refractivity contribution in [1.29, 1.82) is 0 Å². The number of benzene rings is 2. The lowest BCUT2D eigenvalue weighted by Gasteiger charge is -2.32. The molecule has 3 heterocycles. The molecule has 2 aromatic carbocycles. The SMILES string of the molecule is CC(C)C[C@@H]1NC(=O)[C@H](CCCN=C(N)N)NC(=O)[C@H](C(C)C)NC(=O)[C@@H]2CCCN2C(=O)[C@@H](Cc2ccccc2)NC(=O)[C@H](C)NC(=O)[C@H](CCCN=C(N)N)NC(=O)[C@H](C(C)C)NC(=O)[C@@H]2CCCN2C(=O)[C@@H](Cc2ccccc2)NC1=O. The quantitative estimate of drug-likeness (QED) is 0.0536. The number of hydrogen-bond donors (Lipinski definition) is 12. The van der Waals surface area contributed by atoms with Crippen LogP contribution in [-0.2, 0) is 60.8 Å². The average Bonchev–Trinajstić information content (AvgIpc) is 3.37. The van der Waals surface area contributed by atoms with E-state index in [1.165, 1.54) is 16.7 Å². The molecule has 3 aliphatic rings. The Labute approximate surface area is 497 Å². The maximum absolute atomic E-state index is 14.9. The lowest BCUT2D eigenvalue weighted by Crippen LogP contribution is -2.62. The van der Waals surface area contributed by atoms with Gasteiger partial charge in [-0.05, 0) is 93.6 Å². The molecule has 3 saturated heterocycles. The molecule has 3 fully saturated rings. The summed E-state index contributed by atoms with van der Waals surface area (Å²) in [6.07, 6.45) is 1.69. The summed E-state index contributed by atoms with van der Waals surface area (Å²) in [6, 6.07) is 5.50. The van der Waals surface area contributed by atoms with Gasteiger partial charge in [-0.3, -0.25) is 57.9 Å². The predicted molar refractivity (Wildman–Crippen MR) is 320 cm³/mol. The van der Waals surface area contributed by atoms with E-state index in [0.29, 0.717) is 24.0 Å². The van der Waals surface area contributed by atoms with Gasteiger partial charge < -0.3 is 75.3 Å². The van der Waals surface area contributed by atoms with Crippen LogP contribution in [-0.4, -0.2) is 167 Å². The maximum Gasteiger partial charge on any atom is 0.246 e. The van der Waals surface area contributed by atoms with Crippen molar-refractivity contribution in [2.75, 3.05) is 26.2 Å². The van der Waals surface area contributed by atoms with Crippen molar-refractivity contribution in [3.05, 3.63) is 71.8 Å². The van der Waals surface area contributed by atoms with E-state index in [0.717, 1.165) is 0 Å².